The van der Waals surface area contributed by atoms with Crippen LogP contribution in [0.5, 0.6) is 0 Å². The predicted molar refractivity (Wildman–Crippen MR) is 98.9 cm³/mol. The number of fused-ring (bicyclic) bond motifs is 1. The number of hydrogen-bond acceptors (Lipinski definition) is 4. The molecular weight excluding hydrogens is 383 g/mol. The molecule has 1 amide bonds. The van der Waals surface area contributed by atoms with Crippen LogP contribution in [0, 0.1) is 0 Å². The van der Waals surface area contributed by atoms with Crippen LogP contribution in [0.3, 0.4) is 0 Å². The number of carbonyl (C=O) groups is 1. The summed E-state index contributed by atoms with van der Waals surface area (Å²) in [6, 6.07) is 8.01. The summed E-state index contributed by atoms with van der Waals surface area (Å²) in [6.45, 7) is 0.605. The van der Waals surface area contributed by atoms with Crippen LogP contribution >= 0.6 is 0 Å². The van der Waals surface area contributed by atoms with E-state index in [1.165, 1.54) is 12.1 Å². The third-order valence-electron chi connectivity index (χ3n) is 4.97. The van der Waals surface area contributed by atoms with Crippen LogP contribution in [-0.4, -0.2) is 31.7 Å². The van der Waals surface area contributed by atoms with Crippen LogP contribution in [0.15, 0.2) is 48.8 Å². The molecule has 0 spiro atoms. The Hall–Kier alpha value is -3.23. The van der Waals surface area contributed by atoms with Gasteiger partial charge in [-0.1, -0.05) is 6.07 Å². The normalized spacial score (nSPS) is 16.7. The van der Waals surface area contributed by atoms with Gasteiger partial charge in [-0.25, -0.2) is 0 Å². The standard InChI is InChI=1S/C20H18F3N5O/c21-20(22,23)15-3-1-2-14(12-15)19(29)25-16-4-5-17-26-27-18(28(17)11-8-16)13-6-9-24-10-7-13/h1-3,6-7,9-10,12,16H,4-5,8,11H2,(H,25,29). The monoisotopic (exact) mass is 401 g/mol. The van der Waals surface area contributed by atoms with Crippen molar-refractivity contribution in [3.63, 3.8) is 0 Å². The quantitative estimate of drug-likeness (QED) is 0.729. The Morgan fingerprint density at radius 2 is 1.90 bits per heavy atom. The number of hydrogen-bond donors (Lipinski definition) is 1. The smallest absolute Gasteiger partial charge is 0.349 e. The third kappa shape index (κ3) is 4.13. The maximum atomic E-state index is 12.9. The number of nitrogens with one attached hydrogen (secondary N) is 1. The molecule has 4 rings (SSSR count). The first kappa shape index (κ1) is 19.1. The van der Waals surface area contributed by atoms with E-state index < -0.39 is 17.6 Å². The molecular formula is C20H18F3N5O. The van der Waals surface area contributed by atoms with Gasteiger partial charge in [-0.3, -0.25) is 9.78 Å². The first-order chi connectivity index (χ1) is 13.9. The summed E-state index contributed by atoms with van der Waals surface area (Å²) in [4.78, 5) is 16.5. The molecule has 29 heavy (non-hydrogen) atoms. The lowest BCUT2D eigenvalue weighted by Gasteiger charge is -2.17. The molecule has 1 unspecified atom stereocenters. The van der Waals surface area contributed by atoms with Crippen molar-refractivity contribution in [1.82, 2.24) is 25.1 Å². The van der Waals surface area contributed by atoms with Crippen molar-refractivity contribution in [1.29, 1.82) is 0 Å². The number of amides is 1. The number of rotatable bonds is 3. The summed E-state index contributed by atoms with van der Waals surface area (Å²) in [5.74, 6) is 1.06. The molecule has 2 aromatic heterocycles. The Kier molecular flexibility index (Phi) is 5.04. The molecule has 150 valence electrons. The second-order valence-electron chi connectivity index (χ2n) is 6.90. The Labute approximate surface area is 164 Å². The second kappa shape index (κ2) is 7.65. The first-order valence-corrected chi connectivity index (χ1v) is 9.22. The predicted octanol–water partition coefficient (Wildman–Crippen LogP) is 3.49. The zero-order chi connectivity index (χ0) is 20.4. The molecule has 1 atom stereocenters. The average Bonchev–Trinajstić information content (AvgIpc) is 3.02. The van der Waals surface area contributed by atoms with Gasteiger partial charge >= 0.3 is 6.18 Å². The van der Waals surface area contributed by atoms with Crippen molar-refractivity contribution in [2.45, 2.75) is 38.0 Å². The van der Waals surface area contributed by atoms with Crippen molar-refractivity contribution >= 4 is 5.91 Å². The van der Waals surface area contributed by atoms with Gasteiger partial charge in [-0.2, -0.15) is 13.2 Å². The fraction of sp³-hybridized carbons (Fsp3) is 0.300. The lowest BCUT2D eigenvalue weighted by molar-refractivity contribution is -0.137. The van der Waals surface area contributed by atoms with Gasteiger partial charge < -0.3 is 9.88 Å². The topological polar surface area (TPSA) is 72.7 Å². The number of carbonyl (C=O) groups excluding carboxylic acids is 1. The number of nitrogens with zero attached hydrogens (tertiary/aromatic N) is 4. The Morgan fingerprint density at radius 3 is 2.66 bits per heavy atom. The number of aromatic nitrogens is 4. The minimum absolute atomic E-state index is 0.000880. The molecule has 0 radical (unpaired) electrons. The Balaban J connectivity index is 1.46. The third-order valence-corrected chi connectivity index (χ3v) is 4.97. The van der Waals surface area contributed by atoms with Gasteiger partial charge in [-0.15, -0.1) is 10.2 Å². The van der Waals surface area contributed by atoms with Crippen molar-refractivity contribution in [3.8, 4) is 11.4 Å². The zero-order valence-electron chi connectivity index (χ0n) is 15.4. The summed E-state index contributed by atoms with van der Waals surface area (Å²) >= 11 is 0. The number of pyridine rings is 1. The summed E-state index contributed by atoms with van der Waals surface area (Å²) in [6.07, 6.45) is 0.778. The molecule has 0 fully saturated rings. The van der Waals surface area contributed by atoms with Gasteiger partial charge in [-0.05, 0) is 43.2 Å². The number of alkyl halides is 3. The number of aryl methyl sites for hydroxylation is 1. The maximum absolute atomic E-state index is 12.9. The minimum Gasteiger partial charge on any atom is -0.349 e. The fourth-order valence-corrected chi connectivity index (χ4v) is 3.45. The molecule has 0 aliphatic carbocycles. The molecule has 1 aromatic carbocycles. The lowest BCUT2D eigenvalue weighted by atomic mass is 10.1. The van der Waals surface area contributed by atoms with E-state index in [4.69, 9.17) is 0 Å². The first-order valence-electron chi connectivity index (χ1n) is 9.22. The molecule has 6 nitrogen and oxygen atoms in total. The molecule has 3 aromatic rings. The van der Waals surface area contributed by atoms with Crippen LogP contribution in [0.2, 0.25) is 0 Å². The number of benzene rings is 1. The molecule has 1 aliphatic rings. The van der Waals surface area contributed by atoms with Gasteiger partial charge in [0.1, 0.15) is 5.82 Å². The highest BCUT2D eigenvalue weighted by Crippen LogP contribution is 2.29. The lowest BCUT2D eigenvalue weighted by Crippen LogP contribution is -2.35. The van der Waals surface area contributed by atoms with Crippen molar-refractivity contribution in [2.24, 2.45) is 0 Å². The van der Waals surface area contributed by atoms with Crippen LogP contribution in [0.1, 0.15) is 34.6 Å². The van der Waals surface area contributed by atoms with Crippen molar-refractivity contribution in [3.05, 3.63) is 65.7 Å². The SMILES string of the molecule is O=C(NC1CCc2nnc(-c3ccncc3)n2CC1)c1cccc(C(F)(F)F)c1. The Bertz CT molecular complexity index is 1020. The van der Waals surface area contributed by atoms with Gasteiger partial charge in [0.05, 0.1) is 5.56 Å². The highest BCUT2D eigenvalue weighted by atomic mass is 19.4. The minimum atomic E-state index is -4.48. The van der Waals surface area contributed by atoms with Crippen molar-refractivity contribution < 1.29 is 18.0 Å². The summed E-state index contributed by atoms with van der Waals surface area (Å²) in [7, 11) is 0. The van der Waals surface area contributed by atoms with Crippen LogP contribution in [0.25, 0.3) is 11.4 Å². The van der Waals surface area contributed by atoms with Gasteiger partial charge in [0, 0.05) is 42.5 Å². The van der Waals surface area contributed by atoms with E-state index in [1.54, 1.807) is 12.4 Å². The second-order valence-corrected chi connectivity index (χ2v) is 6.90. The molecule has 3 heterocycles. The average molecular weight is 401 g/mol. The molecule has 1 N–H and O–H groups in total. The van der Waals surface area contributed by atoms with Crippen molar-refractivity contribution in [2.75, 3.05) is 0 Å². The Morgan fingerprint density at radius 1 is 1.10 bits per heavy atom. The van der Waals surface area contributed by atoms with Gasteiger partial charge in [0.15, 0.2) is 5.82 Å². The van der Waals surface area contributed by atoms with Gasteiger partial charge in [0.2, 0.25) is 0 Å². The van der Waals surface area contributed by atoms with Crippen LogP contribution in [-0.2, 0) is 19.1 Å². The largest absolute Gasteiger partial charge is 0.416 e. The maximum Gasteiger partial charge on any atom is 0.416 e. The van der Waals surface area contributed by atoms with E-state index in [9.17, 15) is 18.0 Å². The van der Waals surface area contributed by atoms with Gasteiger partial charge in [0.25, 0.3) is 5.91 Å². The highest BCUT2D eigenvalue weighted by molar-refractivity contribution is 5.94. The molecule has 0 bridgehead atoms. The summed E-state index contributed by atoms with van der Waals surface area (Å²) in [5, 5.41) is 11.4. The van der Waals surface area contributed by atoms with E-state index in [0.29, 0.717) is 25.8 Å². The fourth-order valence-electron chi connectivity index (χ4n) is 3.45. The van der Waals surface area contributed by atoms with Crippen LogP contribution in [0.4, 0.5) is 13.2 Å². The zero-order valence-corrected chi connectivity index (χ0v) is 15.4. The van der Waals surface area contributed by atoms with E-state index in [2.05, 4.69) is 20.5 Å². The molecule has 0 saturated carbocycles. The van der Waals surface area contributed by atoms with E-state index >= 15 is 0 Å². The highest BCUT2D eigenvalue weighted by Gasteiger charge is 2.31. The summed E-state index contributed by atoms with van der Waals surface area (Å²) in [5.41, 5.74) is 0.0744. The number of halogens is 3. The van der Waals surface area contributed by atoms with E-state index in [1.807, 2.05) is 16.7 Å². The van der Waals surface area contributed by atoms with E-state index in [0.717, 1.165) is 29.3 Å². The molecule has 0 saturated heterocycles. The molecule has 9 heteroatoms. The van der Waals surface area contributed by atoms with Crippen LogP contribution < -0.4 is 5.32 Å². The summed E-state index contributed by atoms with van der Waals surface area (Å²) < 4.78 is 40.7. The van der Waals surface area contributed by atoms with E-state index in [-0.39, 0.29) is 11.6 Å². The molecule has 1 aliphatic heterocycles.